The van der Waals surface area contributed by atoms with Crippen molar-refractivity contribution in [1.29, 1.82) is 0 Å². The van der Waals surface area contributed by atoms with Crippen LogP contribution >= 0.6 is 0 Å². The molecule has 0 saturated heterocycles. The highest BCUT2D eigenvalue weighted by atomic mass is 19.1. The number of pyridine rings is 1. The van der Waals surface area contributed by atoms with Crippen LogP contribution < -0.4 is 10.3 Å². The lowest BCUT2D eigenvalue weighted by Gasteiger charge is -2.08. The van der Waals surface area contributed by atoms with Crippen molar-refractivity contribution in [2.45, 2.75) is 6.92 Å². The highest BCUT2D eigenvalue weighted by molar-refractivity contribution is 5.77. The average molecular weight is 271 g/mol. The zero-order valence-corrected chi connectivity index (χ0v) is 10.6. The SMILES string of the molecule is Cc1nc2c(Oc3cccc(F)c3)ccnc2[nH]c1=O. The van der Waals surface area contributed by atoms with Gasteiger partial charge in [-0.25, -0.2) is 14.4 Å². The quantitative estimate of drug-likeness (QED) is 0.777. The van der Waals surface area contributed by atoms with Crippen LogP contribution in [0.4, 0.5) is 4.39 Å². The Labute approximate surface area is 113 Å². The van der Waals surface area contributed by atoms with Crippen LogP contribution in [0.3, 0.4) is 0 Å². The van der Waals surface area contributed by atoms with Gasteiger partial charge < -0.3 is 9.72 Å². The number of aromatic nitrogens is 3. The third kappa shape index (κ3) is 2.23. The van der Waals surface area contributed by atoms with Crippen LogP contribution in [0.25, 0.3) is 11.2 Å². The molecule has 2 heterocycles. The summed E-state index contributed by atoms with van der Waals surface area (Å²) in [5.74, 6) is 0.363. The Morgan fingerprint density at radius 1 is 1.30 bits per heavy atom. The minimum Gasteiger partial charge on any atom is -0.455 e. The number of aromatic amines is 1. The molecule has 0 fully saturated rings. The number of benzene rings is 1. The molecule has 0 bridgehead atoms. The summed E-state index contributed by atoms with van der Waals surface area (Å²) in [6.07, 6.45) is 1.49. The second kappa shape index (κ2) is 4.73. The number of H-pyrrole nitrogens is 1. The van der Waals surface area contributed by atoms with Gasteiger partial charge in [0.2, 0.25) is 0 Å². The van der Waals surface area contributed by atoms with Gasteiger partial charge in [-0.05, 0) is 19.1 Å². The van der Waals surface area contributed by atoms with Crippen molar-refractivity contribution in [3.8, 4) is 11.5 Å². The van der Waals surface area contributed by atoms with E-state index in [2.05, 4.69) is 15.0 Å². The van der Waals surface area contributed by atoms with Gasteiger partial charge in [0, 0.05) is 18.3 Å². The van der Waals surface area contributed by atoms with Crippen LogP contribution in [-0.4, -0.2) is 15.0 Å². The Morgan fingerprint density at radius 2 is 2.15 bits per heavy atom. The summed E-state index contributed by atoms with van der Waals surface area (Å²) in [5.41, 5.74) is 0.769. The molecule has 100 valence electrons. The molecule has 3 rings (SSSR count). The minimum absolute atomic E-state index is 0.298. The summed E-state index contributed by atoms with van der Waals surface area (Å²) >= 11 is 0. The number of aryl methyl sites for hydroxylation is 1. The molecule has 3 aromatic rings. The number of nitrogens with one attached hydrogen (secondary N) is 1. The van der Waals surface area contributed by atoms with E-state index in [1.165, 1.54) is 18.3 Å². The number of nitrogens with zero attached hydrogens (tertiary/aromatic N) is 2. The number of hydrogen-bond donors (Lipinski definition) is 1. The van der Waals surface area contributed by atoms with Gasteiger partial charge in [-0.15, -0.1) is 0 Å². The number of fused-ring (bicyclic) bond motifs is 1. The van der Waals surface area contributed by atoms with Crippen LogP contribution in [0.15, 0.2) is 41.3 Å². The van der Waals surface area contributed by atoms with Crippen LogP contribution in [0.2, 0.25) is 0 Å². The maximum absolute atomic E-state index is 13.1. The first-order valence-corrected chi connectivity index (χ1v) is 5.92. The fourth-order valence-corrected chi connectivity index (χ4v) is 1.79. The zero-order valence-electron chi connectivity index (χ0n) is 10.6. The number of hydrogen-bond acceptors (Lipinski definition) is 4. The minimum atomic E-state index is -0.390. The Bertz CT molecular complexity index is 845. The van der Waals surface area contributed by atoms with Crippen molar-refractivity contribution < 1.29 is 9.13 Å². The van der Waals surface area contributed by atoms with Crippen LogP contribution in [-0.2, 0) is 0 Å². The molecule has 0 aliphatic carbocycles. The van der Waals surface area contributed by atoms with Gasteiger partial charge in [-0.3, -0.25) is 4.79 Å². The van der Waals surface area contributed by atoms with E-state index in [1.54, 1.807) is 25.1 Å². The van der Waals surface area contributed by atoms with Crippen molar-refractivity contribution in [3.05, 3.63) is 58.4 Å². The van der Waals surface area contributed by atoms with Gasteiger partial charge in [0.05, 0.1) is 0 Å². The summed E-state index contributed by atoms with van der Waals surface area (Å²) < 4.78 is 18.7. The van der Waals surface area contributed by atoms with E-state index < -0.39 is 5.82 Å². The molecule has 5 nitrogen and oxygen atoms in total. The maximum Gasteiger partial charge on any atom is 0.270 e. The molecule has 0 spiro atoms. The maximum atomic E-state index is 13.1. The van der Waals surface area contributed by atoms with Crippen molar-refractivity contribution in [3.63, 3.8) is 0 Å². The summed E-state index contributed by atoms with van der Waals surface area (Å²) in [4.78, 5) is 22.3. The van der Waals surface area contributed by atoms with Gasteiger partial charge in [0.25, 0.3) is 5.56 Å². The normalized spacial score (nSPS) is 10.7. The van der Waals surface area contributed by atoms with Crippen LogP contribution in [0.5, 0.6) is 11.5 Å². The highest BCUT2D eigenvalue weighted by Crippen LogP contribution is 2.26. The van der Waals surface area contributed by atoms with E-state index in [0.29, 0.717) is 28.4 Å². The molecule has 0 unspecified atom stereocenters. The van der Waals surface area contributed by atoms with Gasteiger partial charge >= 0.3 is 0 Å². The third-order valence-corrected chi connectivity index (χ3v) is 2.75. The molecule has 1 N–H and O–H groups in total. The van der Waals surface area contributed by atoms with Gasteiger partial charge in [0.15, 0.2) is 11.4 Å². The van der Waals surface area contributed by atoms with E-state index in [4.69, 9.17) is 4.74 Å². The summed E-state index contributed by atoms with van der Waals surface area (Å²) in [7, 11) is 0. The summed E-state index contributed by atoms with van der Waals surface area (Å²) in [5, 5.41) is 0. The topological polar surface area (TPSA) is 67.9 Å². The zero-order chi connectivity index (χ0) is 14.1. The van der Waals surface area contributed by atoms with Gasteiger partial charge in [-0.1, -0.05) is 6.07 Å². The second-order valence-corrected chi connectivity index (χ2v) is 4.22. The first-order chi connectivity index (χ1) is 9.63. The molecule has 0 saturated carbocycles. The van der Waals surface area contributed by atoms with E-state index in [9.17, 15) is 9.18 Å². The molecule has 0 radical (unpaired) electrons. The molecule has 0 aliphatic rings. The Hall–Kier alpha value is -2.76. The molecule has 6 heteroatoms. The predicted molar refractivity (Wildman–Crippen MR) is 71.4 cm³/mol. The van der Waals surface area contributed by atoms with Crippen molar-refractivity contribution >= 4 is 11.2 Å². The van der Waals surface area contributed by atoms with E-state index in [0.717, 1.165) is 0 Å². The Kier molecular flexibility index (Phi) is 2.90. The lowest BCUT2D eigenvalue weighted by atomic mass is 10.3. The van der Waals surface area contributed by atoms with Crippen molar-refractivity contribution in [2.75, 3.05) is 0 Å². The van der Waals surface area contributed by atoms with E-state index in [1.807, 2.05) is 0 Å². The molecule has 0 atom stereocenters. The molecule has 20 heavy (non-hydrogen) atoms. The van der Waals surface area contributed by atoms with E-state index >= 15 is 0 Å². The average Bonchev–Trinajstić information content (AvgIpc) is 2.41. The molecule has 0 aliphatic heterocycles. The van der Waals surface area contributed by atoms with Crippen LogP contribution in [0.1, 0.15) is 5.69 Å². The van der Waals surface area contributed by atoms with Crippen molar-refractivity contribution in [1.82, 2.24) is 15.0 Å². The fourth-order valence-electron chi connectivity index (χ4n) is 1.79. The molecular formula is C14H10FN3O2. The number of ether oxygens (including phenoxy) is 1. The van der Waals surface area contributed by atoms with Gasteiger partial charge in [-0.2, -0.15) is 0 Å². The monoisotopic (exact) mass is 271 g/mol. The smallest absolute Gasteiger partial charge is 0.270 e. The van der Waals surface area contributed by atoms with Crippen molar-refractivity contribution in [2.24, 2.45) is 0 Å². The Balaban J connectivity index is 2.12. The van der Waals surface area contributed by atoms with Crippen LogP contribution in [0, 0.1) is 12.7 Å². The first-order valence-electron chi connectivity index (χ1n) is 5.92. The highest BCUT2D eigenvalue weighted by Gasteiger charge is 2.09. The molecule has 2 aromatic heterocycles. The Morgan fingerprint density at radius 3 is 2.95 bits per heavy atom. The lowest BCUT2D eigenvalue weighted by Crippen LogP contribution is -2.12. The first kappa shape index (κ1) is 12.3. The summed E-state index contributed by atoms with van der Waals surface area (Å²) in [6, 6.07) is 7.39. The molecular weight excluding hydrogens is 261 g/mol. The number of rotatable bonds is 2. The van der Waals surface area contributed by atoms with E-state index in [-0.39, 0.29) is 5.56 Å². The number of halogens is 1. The standard InChI is InChI=1S/C14H10FN3O2/c1-8-14(19)18-13-12(17-8)11(5-6-16-13)20-10-4-2-3-9(15)7-10/h2-7H,1H3,(H,16,18,19). The second-order valence-electron chi connectivity index (χ2n) is 4.22. The lowest BCUT2D eigenvalue weighted by molar-refractivity contribution is 0.480. The molecule has 0 amide bonds. The summed E-state index contributed by atoms with van der Waals surface area (Å²) in [6.45, 7) is 1.59. The molecule has 1 aromatic carbocycles. The largest absolute Gasteiger partial charge is 0.455 e. The predicted octanol–water partition coefficient (Wildman–Crippen LogP) is 2.56. The fraction of sp³-hybridized carbons (Fsp3) is 0.0714. The van der Waals surface area contributed by atoms with Gasteiger partial charge in [0.1, 0.15) is 22.8 Å². The third-order valence-electron chi connectivity index (χ3n) is 2.75.